The number of hydrogen-bond acceptors (Lipinski definition) is 4. The molecule has 0 radical (unpaired) electrons. The molecule has 0 unspecified atom stereocenters. The third kappa shape index (κ3) is 3.20. The predicted octanol–water partition coefficient (Wildman–Crippen LogP) is 0.357. The van der Waals surface area contributed by atoms with Crippen LogP contribution in [-0.4, -0.2) is 54.5 Å². The Hall–Kier alpha value is -1.63. The van der Waals surface area contributed by atoms with Gasteiger partial charge in [0.25, 0.3) is 5.91 Å². The van der Waals surface area contributed by atoms with Gasteiger partial charge in [-0.15, -0.1) is 0 Å². The molecule has 0 aromatic carbocycles. The van der Waals surface area contributed by atoms with Crippen LogP contribution in [0.3, 0.4) is 0 Å². The molecule has 7 heteroatoms. The van der Waals surface area contributed by atoms with Crippen LogP contribution in [0.4, 0.5) is 4.79 Å². The first kappa shape index (κ1) is 16.2. The average molecular weight is 322 g/mol. The highest BCUT2D eigenvalue weighted by Crippen LogP contribution is 2.34. The smallest absolute Gasteiger partial charge is 0.325 e. The summed E-state index contributed by atoms with van der Waals surface area (Å²) in [6.45, 7) is 4.49. The van der Waals surface area contributed by atoms with Gasteiger partial charge in [-0.25, -0.2) is 4.79 Å². The lowest BCUT2D eigenvalue weighted by Crippen LogP contribution is -2.47. The Labute approximate surface area is 136 Å². The van der Waals surface area contributed by atoms with E-state index in [1.807, 2.05) is 0 Å². The summed E-state index contributed by atoms with van der Waals surface area (Å²) >= 11 is 0. The standard InChI is InChI=1S/C16H26N4O3/c1-15(6-8-17-9-7-15)11-18-12(21)10-20-13(22)16(19-14(20)23)4-2-3-5-16/h17H,2-11H2,1H3,(H,18,21)(H,19,23). The van der Waals surface area contributed by atoms with Crippen molar-refractivity contribution in [1.29, 1.82) is 0 Å². The van der Waals surface area contributed by atoms with Crippen LogP contribution >= 0.6 is 0 Å². The van der Waals surface area contributed by atoms with Gasteiger partial charge in [-0.2, -0.15) is 0 Å². The van der Waals surface area contributed by atoms with E-state index < -0.39 is 11.6 Å². The van der Waals surface area contributed by atoms with Gasteiger partial charge in [0.2, 0.25) is 5.91 Å². The molecule has 2 heterocycles. The second kappa shape index (κ2) is 6.11. The molecule has 0 atom stereocenters. The van der Waals surface area contributed by atoms with Crippen molar-refractivity contribution in [2.45, 2.75) is 51.0 Å². The first-order chi connectivity index (χ1) is 10.9. The van der Waals surface area contributed by atoms with Crippen LogP contribution in [0.25, 0.3) is 0 Å². The summed E-state index contributed by atoms with van der Waals surface area (Å²) < 4.78 is 0. The average Bonchev–Trinajstić information content (AvgIpc) is 3.08. The van der Waals surface area contributed by atoms with Gasteiger partial charge in [-0.05, 0) is 44.2 Å². The zero-order chi connectivity index (χ0) is 16.5. The number of piperidine rings is 1. The summed E-state index contributed by atoms with van der Waals surface area (Å²) in [5, 5.41) is 9.00. The molecule has 3 N–H and O–H groups in total. The maximum atomic E-state index is 12.5. The number of nitrogens with one attached hydrogen (secondary N) is 3. The van der Waals surface area contributed by atoms with Crippen molar-refractivity contribution in [3.8, 4) is 0 Å². The maximum absolute atomic E-state index is 12.5. The fourth-order valence-electron chi connectivity index (χ4n) is 3.86. The van der Waals surface area contributed by atoms with Gasteiger partial charge in [0.1, 0.15) is 12.1 Å². The molecular formula is C16H26N4O3. The highest BCUT2D eigenvalue weighted by atomic mass is 16.2. The molecule has 2 aliphatic heterocycles. The second-order valence-corrected chi connectivity index (χ2v) is 7.45. The normalized spacial score (nSPS) is 25.7. The van der Waals surface area contributed by atoms with E-state index in [1.54, 1.807) is 0 Å². The number of urea groups is 1. The quantitative estimate of drug-likeness (QED) is 0.652. The van der Waals surface area contributed by atoms with E-state index in [4.69, 9.17) is 0 Å². The molecular weight excluding hydrogens is 296 g/mol. The van der Waals surface area contributed by atoms with Gasteiger partial charge in [-0.1, -0.05) is 19.8 Å². The van der Waals surface area contributed by atoms with Gasteiger partial charge in [-0.3, -0.25) is 14.5 Å². The van der Waals surface area contributed by atoms with Crippen LogP contribution < -0.4 is 16.0 Å². The Morgan fingerprint density at radius 2 is 1.83 bits per heavy atom. The van der Waals surface area contributed by atoms with E-state index in [0.29, 0.717) is 19.4 Å². The third-order valence-electron chi connectivity index (χ3n) is 5.53. The maximum Gasteiger partial charge on any atom is 0.325 e. The zero-order valence-corrected chi connectivity index (χ0v) is 13.7. The summed E-state index contributed by atoms with van der Waals surface area (Å²) in [5.74, 6) is -0.494. The number of amides is 4. The van der Waals surface area contributed by atoms with Gasteiger partial charge in [0, 0.05) is 6.54 Å². The molecule has 23 heavy (non-hydrogen) atoms. The van der Waals surface area contributed by atoms with E-state index in [9.17, 15) is 14.4 Å². The first-order valence-corrected chi connectivity index (χ1v) is 8.56. The van der Waals surface area contributed by atoms with Gasteiger partial charge in [0.15, 0.2) is 0 Å². The number of carbonyl (C=O) groups is 3. The van der Waals surface area contributed by atoms with Crippen molar-refractivity contribution in [3.63, 3.8) is 0 Å². The van der Waals surface area contributed by atoms with E-state index >= 15 is 0 Å². The molecule has 0 aromatic rings. The Kier molecular flexibility index (Phi) is 4.31. The fourth-order valence-corrected chi connectivity index (χ4v) is 3.86. The molecule has 128 valence electrons. The van der Waals surface area contributed by atoms with Crippen LogP contribution in [-0.2, 0) is 9.59 Å². The zero-order valence-electron chi connectivity index (χ0n) is 13.7. The van der Waals surface area contributed by atoms with Crippen molar-refractivity contribution in [2.75, 3.05) is 26.2 Å². The summed E-state index contributed by atoms with van der Waals surface area (Å²) in [4.78, 5) is 37.8. The van der Waals surface area contributed by atoms with Crippen molar-refractivity contribution in [2.24, 2.45) is 5.41 Å². The second-order valence-electron chi connectivity index (χ2n) is 7.45. The van der Waals surface area contributed by atoms with Crippen LogP contribution in [0.15, 0.2) is 0 Å². The third-order valence-corrected chi connectivity index (χ3v) is 5.53. The van der Waals surface area contributed by atoms with E-state index in [-0.39, 0.29) is 23.8 Å². The molecule has 3 rings (SSSR count). The SMILES string of the molecule is CC1(CNC(=O)CN2C(=O)NC3(CCCC3)C2=O)CCNCC1. The molecule has 4 amide bonds. The molecule has 0 bridgehead atoms. The van der Waals surface area contributed by atoms with Crippen molar-refractivity contribution < 1.29 is 14.4 Å². The molecule has 3 aliphatic rings. The van der Waals surface area contributed by atoms with Crippen LogP contribution in [0.5, 0.6) is 0 Å². The Bertz CT molecular complexity index is 507. The van der Waals surface area contributed by atoms with Crippen molar-refractivity contribution in [3.05, 3.63) is 0 Å². The number of hydrogen-bond donors (Lipinski definition) is 3. The molecule has 2 saturated heterocycles. The molecule has 3 fully saturated rings. The van der Waals surface area contributed by atoms with Crippen LogP contribution in [0, 0.1) is 5.41 Å². The first-order valence-electron chi connectivity index (χ1n) is 8.56. The highest BCUT2D eigenvalue weighted by molar-refractivity contribution is 6.09. The number of nitrogens with zero attached hydrogens (tertiary/aromatic N) is 1. The van der Waals surface area contributed by atoms with Gasteiger partial charge >= 0.3 is 6.03 Å². The molecule has 7 nitrogen and oxygen atoms in total. The minimum atomic E-state index is -0.738. The Morgan fingerprint density at radius 1 is 1.17 bits per heavy atom. The lowest BCUT2D eigenvalue weighted by Gasteiger charge is -2.34. The summed E-state index contributed by atoms with van der Waals surface area (Å²) in [6, 6.07) is -0.430. The number of carbonyl (C=O) groups excluding carboxylic acids is 3. The summed E-state index contributed by atoms with van der Waals surface area (Å²) in [6.07, 6.45) is 5.28. The highest BCUT2D eigenvalue weighted by Gasteiger charge is 2.52. The minimum absolute atomic E-state index is 0.0882. The fraction of sp³-hybridized carbons (Fsp3) is 0.812. The number of imide groups is 1. The Balaban J connectivity index is 1.53. The number of rotatable bonds is 4. The van der Waals surface area contributed by atoms with Crippen LogP contribution in [0.1, 0.15) is 45.4 Å². The van der Waals surface area contributed by atoms with Crippen LogP contribution in [0.2, 0.25) is 0 Å². The molecule has 1 spiro atoms. The molecule has 0 aromatic heterocycles. The van der Waals surface area contributed by atoms with Crippen molar-refractivity contribution in [1.82, 2.24) is 20.9 Å². The summed E-state index contributed by atoms with van der Waals surface area (Å²) in [5.41, 5.74) is -0.650. The van der Waals surface area contributed by atoms with E-state index in [1.165, 1.54) is 0 Å². The molecule has 1 saturated carbocycles. The largest absolute Gasteiger partial charge is 0.354 e. The van der Waals surface area contributed by atoms with E-state index in [2.05, 4.69) is 22.9 Å². The van der Waals surface area contributed by atoms with Crippen molar-refractivity contribution >= 4 is 17.8 Å². The topological polar surface area (TPSA) is 90.5 Å². The predicted molar refractivity (Wildman–Crippen MR) is 84.7 cm³/mol. The summed E-state index contributed by atoms with van der Waals surface area (Å²) in [7, 11) is 0. The molecule has 1 aliphatic carbocycles. The lowest BCUT2D eigenvalue weighted by atomic mass is 9.81. The monoisotopic (exact) mass is 322 g/mol. The lowest BCUT2D eigenvalue weighted by molar-refractivity contribution is -0.135. The Morgan fingerprint density at radius 3 is 2.48 bits per heavy atom. The van der Waals surface area contributed by atoms with E-state index in [0.717, 1.165) is 43.7 Å². The van der Waals surface area contributed by atoms with Gasteiger partial charge < -0.3 is 16.0 Å². The minimum Gasteiger partial charge on any atom is -0.354 e. The van der Waals surface area contributed by atoms with Gasteiger partial charge in [0.05, 0.1) is 0 Å².